The fourth-order valence-electron chi connectivity index (χ4n) is 4.52. The van der Waals surface area contributed by atoms with Gasteiger partial charge in [-0.25, -0.2) is 4.79 Å². The molecule has 1 aliphatic rings. The van der Waals surface area contributed by atoms with Gasteiger partial charge in [0.1, 0.15) is 11.4 Å². The topological polar surface area (TPSA) is 78.9 Å². The van der Waals surface area contributed by atoms with Crippen LogP contribution in [0.5, 0.6) is 5.75 Å². The minimum Gasteiger partial charge on any atom is -0.410 e. The zero-order chi connectivity index (χ0) is 24.0. The SMILES string of the molecule is CCC(=O)Nc1ccc(OC(=O)N2CCC(C(O)(c3ccccc3)c3ccccc3)CC2)cc1. The lowest BCUT2D eigenvalue weighted by Gasteiger charge is -2.42. The van der Waals surface area contributed by atoms with E-state index in [1.54, 1.807) is 36.1 Å². The molecule has 0 unspecified atom stereocenters. The van der Waals surface area contributed by atoms with E-state index in [4.69, 9.17) is 4.74 Å². The predicted molar refractivity (Wildman–Crippen MR) is 132 cm³/mol. The van der Waals surface area contributed by atoms with Gasteiger partial charge in [0.2, 0.25) is 5.91 Å². The number of benzene rings is 3. The first-order chi connectivity index (χ1) is 16.5. The zero-order valence-corrected chi connectivity index (χ0v) is 19.3. The molecule has 6 nitrogen and oxygen atoms in total. The van der Waals surface area contributed by atoms with Crippen LogP contribution in [-0.4, -0.2) is 35.1 Å². The Morgan fingerprint density at radius 3 is 1.94 bits per heavy atom. The molecule has 0 aromatic heterocycles. The van der Waals surface area contributed by atoms with Gasteiger partial charge in [-0.05, 0) is 54.2 Å². The molecule has 34 heavy (non-hydrogen) atoms. The van der Waals surface area contributed by atoms with Gasteiger partial charge in [-0.2, -0.15) is 0 Å². The van der Waals surface area contributed by atoms with E-state index in [1.807, 2.05) is 60.7 Å². The summed E-state index contributed by atoms with van der Waals surface area (Å²) in [5.41, 5.74) is 1.25. The van der Waals surface area contributed by atoms with Crippen LogP contribution in [0.4, 0.5) is 10.5 Å². The van der Waals surface area contributed by atoms with Crippen molar-refractivity contribution in [3.05, 3.63) is 96.1 Å². The van der Waals surface area contributed by atoms with Crippen LogP contribution in [0.2, 0.25) is 0 Å². The van der Waals surface area contributed by atoms with Crippen LogP contribution in [0, 0.1) is 5.92 Å². The quantitative estimate of drug-likeness (QED) is 0.533. The van der Waals surface area contributed by atoms with Crippen LogP contribution >= 0.6 is 0 Å². The van der Waals surface area contributed by atoms with Crippen molar-refractivity contribution in [2.75, 3.05) is 18.4 Å². The number of amides is 2. The molecule has 176 valence electrons. The highest BCUT2D eigenvalue weighted by Crippen LogP contribution is 2.42. The molecule has 0 radical (unpaired) electrons. The van der Waals surface area contributed by atoms with E-state index in [2.05, 4.69) is 5.32 Å². The Labute approximate surface area is 200 Å². The Balaban J connectivity index is 1.41. The maximum atomic E-state index is 12.7. The first kappa shape index (κ1) is 23.5. The van der Waals surface area contributed by atoms with Crippen LogP contribution in [0.3, 0.4) is 0 Å². The summed E-state index contributed by atoms with van der Waals surface area (Å²) in [5, 5.41) is 14.7. The molecule has 1 heterocycles. The molecule has 1 aliphatic heterocycles. The summed E-state index contributed by atoms with van der Waals surface area (Å²) in [6.07, 6.45) is 1.29. The molecule has 1 saturated heterocycles. The smallest absolute Gasteiger partial charge is 0.410 e. The normalized spacial score (nSPS) is 14.5. The number of rotatable bonds is 6. The Morgan fingerprint density at radius 2 is 1.44 bits per heavy atom. The minimum absolute atomic E-state index is 0.0391. The second-order valence-corrected chi connectivity index (χ2v) is 8.55. The van der Waals surface area contributed by atoms with Crippen molar-refractivity contribution in [1.29, 1.82) is 0 Å². The largest absolute Gasteiger partial charge is 0.415 e. The van der Waals surface area contributed by atoms with Gasteiger partial charge in [-0.15, -0.1) is 0 Å². The number of ether oxygens (including phenoxy) is 1. The first-order valence-corrected chi connectivity index (χ1v) is 11.7. The van der Waals surface area contributed by atoms with Crippen LogP contribution in [0.25, 0.3) is 0 Å². The Morgan fingerprint density at radius 1 is 0.912 bits per heavy atom. The molecular formula is C28H30N2O4. The standard InChI is InChI=1S/C28H30N2O4/c1-2-26(31)29-24-13-15-25(16-14-24)34-27(32)30-19-17-23(18-20-30)28(33,21-9-5-3-6-10-21)22-11-7-4-8-12-22/h3-16,23,33H,2,17-20H2,1H3,(H,29,31). The second-order valence-electron chi connectivity index (χ2n) is 8.55. The molecule has 0 aliphatic carbocycles. The third-order valence-corrected chi connectivity index (χ3v) is 6.44. The number of likely N-dealkylation sites (tertiary alicyclic amines) is 1. The van der Waals surface area contributed by atoms with Gasteiger partial charge in [0.25, 0.3) is 0 Å². The van der Waals surface area contributed by atoms with Crippen molar-refractivity contribution in [2.24, 2.45) is 5.92 Å². The van der Waals surface area contributed by atoms with Gasteiger partial charge in [0.15, 0.2) is 0 Å². The second kappa shape index (κ2) is 10.5. The van der Waals surface area contributed by atoms with Gasteiger partial charge >= 0.3 is 6.09 Å². The average molecular weight is 459 g/mol. The summed E-state index contributed by atoms with van der Waals surface area (Å²) in [5.74, 6) is 0.313. The molecular weight excluding hydrogens is 428 g/mol. The zero-order valence-electron chi connectivity index (χ0n) is 19.3. The summed E-state index contributed by atoms with van der Waals surface area (Å²) in [7, 11) is 0. The van der Waals surface area contributed by atoms with Crippen molar-refractivity contribution in [3.63, 3.8) is 0 Å². The summed E-state index contributed by atoms with van der Waals surface area (Å²) in [4.78, 5) is 25.9. The van der Waals surface area contributed by atoms with Gasteiger partial charge in [0.05, 0.1) is 0 Å². The van der Waals surface area contributed by atoms with Gasteiger partial charge in [-0.3, -0.25) is 4.79 Å². The monoisotopic (exact) mass is 458 g/mol. The summed E-state index contributed by atoms with van der Waals surface area (Å²) < 4.78 is 5.54. The van der Waals surface area contributed by atoms with Crippen molar-refractivity contribution in [1.82, 2.24) is 4.90 Å². The van der Waals surface area contributed by atoms with Gasteiger partial charge < -0.3 is 20.1 Å². The van der Waals surface area contributed by atoms with E-state index in [9.17, 15) is 14.7 Å². The van der Waals surface area contributed by atoms with Crippen LogP contribution < -0.4 is 10.1 Å². The van der Waals surface area contributed by atoms with E-state index in [1.165, 1.54) is 0 Å². The number of hydrogen-bond donors (Lipinski definition) is 2. The Hall–Kier alpha value is -3.64. The van der Waals surface area contributed by atoms with Crippen LogP contribution in [0.1, 0.15) is 37.3 Å². The number of piperidine rings is 1. The predicted octanol–water partition coefficient (Wildman–Crippen LogP) is 5.18. The van der Waals surface area contributed by atoms with Crippen molar-refractivity contribution < 1.29 is 19.4 Å². The molecule has 3 aromatic rings. The number of nitrogens with zero attached hydrogens (tertiary/aromatic N) is 1. The molecule has 3 aromatic carbocycles. The number of aliphatic hydroxyl groups is 1. The molecule has 0 atom stereocenters. The molecule has 0 bridgehead atoms. The van der Waals surface area contributed by atoms with Crippen molar-refractivity contribution in [2.45, 2.75) is 31.8 Å². The maximum Gasteiger partial charge on any atom is 0.415 e. The fraction of sp³-hybridized carbons (Fsp3) is 0.286. The Kier molecular flexibility index (Phi) is 7.28. The van der Waals surface area contributed by atoms with E-state index < -0.39 is 11.7 Å². The first-order valence-electron chi connectivity index (χ1n) is 11.7. The van der Waals surface area contributed by atoms with Gasteiger partial charge in [0, 0.05) is 25.2 Å². The number of carbonyl (C=O) groups excluding carboxylic acids is 2. The van der Waals surface area contributed by atoms with E-state index in [0.717, 1.165) is 11.1 Å². The maximum absolute atomic E-state index is 12.7. The lowest BCUT2D eigenvalue weighted by Crippen LogP contribution is -2.46. The van der Waals surface area contributed by atoms with Crippen molar-refractivity contribution >= 4 is 17.7 Å². The number of carbonyl (C=O) groups is 2. The van der Waals surface area contributed by atoms with Crippen molar-refractivity contribution in [3.8, 4) is 5.75 Å². The molecule has 0 spiro atoms. The lowest BCUT2D eigenvalue weighted by atomic mass is 9.72. The van der Waals surface area contributed by atoms with E-state index >= 15 is 0 Å². The highest BCUT2D eigenvalue weighted by atomic mass is 16.6. The lowest BCUT2D eigenvalue weighted by molar-refractivity contribution is -0.115. The molecule has 6 heteroatoms. The number of hydrogen-bond acceptors (Lipinski definition) is 4. The molecule has 0 saturated carbocycles. The van der Waals surface area contributed by atoms with Crippen LogP contribution in [0.15, 0.2) is 84.9 Å². The van der Waals surface area contributed by atoms with Gasteiger partial charge in [-0.1, -0.05) is 67.6 Å². The summed E-state index contributed by atoms with van der Waals surface area (Å²) in [6, 6.07) is 26.2. The van der Waals surface area contributed by atoms with E-state index in [0.29, 0.717) is 43.8 Å². The van der Waals surface area contributed by atoms with E-state index in [-0.39, 0.29) is 11.8 Å². The summed E-state index contributed by atoms with van der Waals surface area (Å²) >= 11 is 0. The third-order valence-electron chi connectivity index (χ3n) is 6.44. The third kappa shape index (κ3) is 5.13. The highest BCUT2D eigenvalue weighted by molar-refractivity contribution is 5.90. The molecule has 2 N–H and O–H groups in total. The highest BCUT2D eigenvalue weighted by Gasteiger charge is 2.42. The molecule has 2 amide bonds. The Bertz CT molecular complexity index is 1050. The van der Waals surface area contributed by atoms with Crippen LogP contribution in [-0.2, 0) is 10.4 Å². The summed E-state index contributed by atoms with van der Waals surface area (Å²) in [6.45, 7) is 2.78. The number of anilines is 1. The minimum atomic E-state index is -1.13. The average Bonchev–Trinajstić information content (AvgIpc) is 2.90. The fourth-order valence-corrected chi connectivity index (χ4v) is 4.52. The molecule has 1 fully saturated rings. The molecule has 4 rings (SSSR count). The number of nitrogens with one attached hydrogen (secondary N) is 1.